The number of piperidine rings is 1. The number of carbonyl (C=O) groups excluding carboxylic acids is 2. The van der Waals surface area contributed by atoms with Crippen LogP contribution in [0.5, 0.6) is 0 Å². The van der Waals surface area contributed by atoms with Crippen LogP contribution in [0.15, 0.2) is 0 Å². The Hall–Kier alpha value is -0.900. The molecule has 2 aliphatic heterocycles. The normalized spacial score (nSPS) is 27.1. The number of amides is 2. The fraction of sp³-hybridized carbons (Fsp3) is 0.800. The van der Waals surface area contributed by atoms with Crippen molar-refractivity contribution in [2.45, 2.75) is 38.1 Å². The van der Waals surface area contributed by atoms with Gasteiger partial charge < -0.3 is 5.32 Å². The second kappa shape index (κ2) is 3.35. The molecule has 78 valence electrons. The van der Waals surface area contributed by atoms with E-state index < -0.39 is 0 Å². The molecule has 2 fully saturated rings. The number of nitrogens with zero attached hydrogens (tertiary/aromatic N) is 1. The summed E-state index contributed by atoms with van der Waals surface area (Å²) in [4.78, 5) is 24.7. The number of hydrogen-bond acceptors (Lipinski definition) is 3. The van der Waals surface area contributed by atoms with Gasteiger partial charge in [-0.15, -0.1) is 0 Å². The van der Waals surface area contributed by atoms with E-state index in [0.29, 0.717) is 12.8 Å². The molecule has 2 heterocycles. The van der Waals surface area contributed by atoms with Gasteiger partial charge in [-0.05, 0) is 32.9 Å². The van der Waals surface area contributed by atoms with Crippen molar-refractivity contribution < 1.29 is 9.59 Å². The van der Waals surface area contributed by atoms with Crippen LogP contribution in [-0.2, 0) is 9.59 Å². The van der Waals surface area contributed by atoms with Crippen molar-refractivity contribution in [2.75, 3.05) is 13.1 Å². The van der Waals surface area contributed by atoms with E-state index in [1.165, 1.54) is 4.90 Å². The summed E-state index contributed by atoms with van der Waals surface area (Å²) in [5.74, 6) is 0.0267. The van der Waals surface area contributed by atoms with Gasteiger partial charge in [-0.1, -0.05) is 0 Å². The standard InChI is InChI=1S/C10H16N2O2/c1-10(4-6-11-7-5-10)12-8(13)2-3-9(12)14/h11H,2-7H2,1H3. The molecule has 2 amide bonds. The second-order valence-electron chi connectivity index (χ2n) is 4.37. The highest BCUT2D eigenvalue weighted by molar-refractivity contribution is 6.02. The second-order valence-corrected chi connectivity index (χ2v) is 4.37. The highest BCUT2D eigenvalue weighted by atomic mass is 16.2. The number of carbonyl (C=O) groups is 2. The van der Waals surface area contributed by atoms with Gasteiger partial charge in [-0.3, -0.25) is 14.5 Å². The Morgan fingerprint density at radius 2 is 1.64 bits per heavy atom. The lowest BCUT2D eigenvalue weighted by Gasteiger charge is -2.40. The van der Waals surface area contributed by atoms with E-state index in [1.54, 1.807) is 0 Å². The van der Waals surface area contributed by atoms with Crippen molar-refractivity contribution in [3.05, 3.63) is 0 Å². The van der Waals surface area contributed by atoms with Crippen LogP contribution in [0.4, 0.5) is 0 Å². The topological polar surface area (TPSA) is 49.4 Å². The summed E-state index contributed by atoms with van der Waals surface area (Å²) in [6.45, 7) is 3.82. The Labute approximate surface area is 83.6 Å². The molecule has 1 N–H and O–H groups in total. The summed E-state index contributed by atoms with van der Waals surface area (Å²) in [7, 11) is 0. The summed E-state index contributed by atoms with van der Waals surface area (Å²) < 4.78 is 0. The van der Waals surface area contributed by atoms with Crippen LogP contribution in [0, 0.1) is 0 Å². The molecule has 0 bridgehead atoms. The molecule has 0 radical (unpaired) electrons. The summed E-state index contributed by atoms with van der Waals surface area (Å²) in [6, 6.07) is 0. The van der Waals surface area contributed by atoms with E-state index in [4.69, 9.17) is 0 Å². The maximum atomic E-state index is 11.6. The van der Waals surface area contributed by atoms with E-state index >= 15 is 0 Å². The quantitative estimate of drug-likeness (QED) is 0.613. The molecular formula is C10H16N2O2. The third-order valence-corrected chi connectivity index (χ3v) is 3.27. The SMILES string of the molecule is CC1(N2C(=O)CCC2=O)CCNCC1. The molecule has 0 aliphatic carbocycles. The largest absolute Gasteiger partial charge is 0.317 e. The lowest BCUT2D eigenvalue weighted by Crippen LogP contribution is -2.54. The van der Waals surface area contributed by atoms with Crippen molar-refractivity contribution in [1.29, 1.82) is 0 Å². The molecule has 0 spiro atoms. The minimum Gasteiger partial charge on any atom is -0.317 e. The first-order chi connectivity index (χ1) is 6.63. The van der Waals surface area contributed by atoms with E-state index in [1.807, 2.05) is 6.92 Å². The van der Waals surface area contributed by atoms with E-state index in [9.17, 15) is 9.59 Å². The van der Waals surface area contributed by atoms with Gasteiger partial charge in [-0.2, -0.15) is 0 Å². The predicted molar refractivity (Wildman–Crippen MR) is 51.6 cm³/mol. The van der Waals surface area contributed by atoms with Crippen molar-refractivity contribution in [2.24, 2.45) is 0 Å². The first kappa shape index (κ1) is 9.65. The Bertz CT molecular complexity index is 253. The highest BCUT2D eigenvalue weighted by Crippen LogP contribution is 2.30. The smallest absolute Gasteiger partial charge is 0.230 e. The highest BCUT2D eigenvalue weighted by Gasteiger charge is 2.43. The Kier molecular flexibility index (Phi) is 2.31. The molecule has 0 atom stereocenters. The molecule has 4 heteroatoms. The number of likely N-dealkylation sites (tertiary alicyclic amines) is 1. The van der Waals surface area contributed by atoms with Crippen LogP contribution in [-0.4, -0.2) is 35.3 Å². The van der Waals surface area contributed by atoms with Crippen molar-refractivity contribution in [1.82, 2.24) is 10.2 Å². The molecule has 0 aromatic heterocycles. The van der Waals surface area contributed by atoms with Crippen LogP contribution in [0.1, 0.15) is 32.6 Å². The first-order valence-electron chi connectivity index (χ1n) is 5.20. The Morgan fingerprint density at radius 3 is 2.14 bits per heavy atom. The van der Waals surface area contributed by atoms with Gasteiger partial charge in [0, 0.05) is 12.8 Å². The lowest BCUT2D eigenvalue weighted by molar-refractivity contribution is -0.146. The molecule has 2 rings (SSSR count). The van der Waals surface area contributed by atoms with Crippen molar-refractivity contribution in [3.63, 3.8) is 0 Å². The summed E-state index contributed by atoms with van der Waals surface area (Å²) in [5, 5.41) is 3.24. The Morgan fingerprint density at radius 1 is 1.14 bits per heavy atom. The molecule has 14 heavy (non-hydrogen) atoms. The van der Waals surface area contributed by atoms with Gasteiger partial charge >= 0.3 is 0 Å². The third kappa shape index (κ3) is 1.43. The molecular weight excluding hydrogens is 180 g/mol. The number of imide groups is 1. The van der Waals surface area contributed by atoms with Gasteiger partial charge in [0.15, 0.2) is 0 Å². The van der Waals surface area contributed by atoms with E-state index in [-0.39, 0.29) is 17.4 Å². The zero-order valence-corrected chi connectivity index (χ0v) is 8.51. The number of hydrogen-bond donors (Lipinski definition) is 1. The summed E-state index contributed by atoms with van der Waals surface area (Å²) in [5.41, 5.74) is -0.226. The molecule has 0 aromatic carbocycles. The minimum absolute atomic E-state index is 0.0133. The minimum atomic E-state index is -0.226. The zero-order valence-electron chi connectivity index (χ0n) is 8.51. The monoisotopic (exact) mass is 196 g/mol. The van der Waals surface area contributed by atoms with Crippen LogP contribution >= 0.6 is 0 Å². The molecule has 0 unspecified atom stereocenters. The maximum absolute atomic E-state index is 11.6. The van der Waals surface area contributed by atoms with Gasteiger partial charge in [0.2, 0.25) is 11.8 Å². The maximum Gasteiger partial charge on any atom is 0.230 e. The van der Waals surface area contributed by atoms with Crippen LogP contribution in [0.3, 0.4) is 0 Å². The zero-order chi connectivity index (χ0) is 10.2. The molecule has 2 saturated heterocycles. The fourth-order valence-corrected chi connectivity index (χ4v) is 2.37. The first-order valence-corrected chi connectivity index (χ1v) is 5.20. The van der Waals surface area contributed by atoms with Gasteiger partial charge in [0.25, 0.3) is 0 Å². The van der Waals surface area contributed by atoms with Crippen LogP contribution < -0.4 is 5.32 Å². The van der Waals surface area contributed by atoms with Gasteiger partial charge in [0.05, 0.1) is 5.54 Å². The lowest BCUT2D eigenvalue weighted by atomic mass is 9.89. The average Bonchev–Trinajstić information content (AvgIpc) is 2.48. The molecule has 2 aliphatic rings. The van der Waals surface area contributed by atoms with Crippen molar-refractivity contribution >= 4 is 11.8 Å². The van der Waals surface area contributed by atoms with Gasteiger partial charge in [0.1, 0.15) is 0 Å². The summed E-state index contributed by atoms with van der Waals surface area (Å²) >= 11 is 0. The third-order valence-electron chi connectivity index (χ3n) is 3.27. The molecule has 0 saturated carbocycles. The summed E-state index contributed by atoms with van der Waals surface area (Å²) in [6.07, 6.45) is 2.57. The molecule has 0 aromatic rings. The average molecular weight is 196 g/mol. The molecule has 4 nitrogen and oxygen atoms in total. The number of nitrogens with one attached hydrogen (secondary N) is 1. The predicted octanol–water partition coefficient (Wildman–Crippen LogP) is 0.278. The van der Waals surface area contributed by atoms with Crippen LogP contribution in [0.25, 0.3) is 0 Å². The number of rotatable bonds is 1. The van der Waals surface area contributed by atoms with Gasteiger partial charge in [-0.25, -0.2) is 0 Å². The fourth-order valence-electron chi connectivity index (χ4n) is 2.37. The van der Waals surface area contributed by atoms with Crippen LogP contribution in [0.2, 0.25) is 0 Å². The van der Waals surface area contributed by atoms with Crippen molar-refractivity contribution in [3.8, 4) is 0 Å². The van der Waals surface area contributed by atoms with E-state index in [0.717, 1.165) is 25.9 Å². The Balaban J connectivity index is 2.18. The van der Waals surface area contributed by atoms with E-state index in [2.05, 4.69) is 5.32 Å².